The first-order valence-corrected chi connectivity index (χ1v) is 7.21. The van der Waals surface area contributed by atoms with Crippen LogP contribution in [-0.4, -0.2) is 30.0 Å². The van der Waals surface area contributed by atoms with Gasteiger partial charge in [-0.25, -0.2) is 0 Å². The summed E-state index contributed by atoms with van der Waals surface area (Å²) >= 11 is 0. The number of likely N-dealkylation sites (tertiary alicyclic amines) is 1. The van der Waals surface area contributed by atoms with E-state index in [1.807, 2.05) is 42.2 Å². The van der Waals surface area contributed by atoms with Crippen LogP contribution >= 0.6 is 0 Å². The zero-order chi connectivity index (χ0) is 13.7. The third-order valence-electron chi connectivity index (χ3n) is 3.64. The van der Waals surface area contributed by atoms with Crippen LogP contribution in [0.2, 0.25) is 0 Å². The van der Waals surface area contributed by atoms with Crippen LogP contribution in [0.4, 0.5) is 0 Å². The van der Waals surface area contributed by atoms with Gasteiger partial charge < -0.3 is 9.64 Å². The highest BCUT2D eigenvalue weighted by molar-refractivity contribution is 5.81. The lowest BCUT2D eigenvalue weighted by Gasteiger charge is -2.33. The number of carbonyl (C=O) groups is 1. The van der Waals surface area contributed by atoms with Gasteiger partial charge in [-0.1, -0.05) is 32.0 Å². The van der Waals surface area contributed by atoms with Gasteiger partial charge in [0.1, 0.15) is 5.75 Å². The fourth-order valence-corrected chi connectivity index (χ4v) is 2.56. The summed E-state index contributed by atoms with van der Waals surface area (Å²) in [7, 11) is 0. The molecule has 3 nitrogen and oxygen atoms in total. The fourth-order valence-electron chi connectivity index (χ4n) is 2.56. The van der Waals surface area contributed by atoms with E-state index in [0.717, 1.165) is 25.3 Å². The van der Waals surface area contributed by atoms with Crippen LogP contribution < -0.4 is 4.74 Å². The number of rotatable bonds is 4. The maximum Gasteiger partial charge on any atom is 0.263 e. The zero-order valence-corrected chi connectivity index (χ0v) is 11.8. The van der Waals surface area contributed by atoms with Crippen molar-refractivity contribution in [1.29, 1.82) is 0 Å². The molecule has 1 amide bonds. The van der Waals surface area contributed by atoms with Crippen LogP contribution in [0.1, 0.15) is 33.1 Å². The van der Waals surface area contributed by atoms with Crippen LogP contribution in [-0.2, 0) is 4.79 Å². The molecular formula is C16H23NO2. The second-order valence-electron chi connectivity index (χ2n) is 5.36. The summed E-state index contributed by atoms with van der Waals surface area (Å²) in [5.41, 5.74) is 0. The molecule has 3 heteroatoms. The van der Waals surface area contributed by atoms with Crippen molar-refractivity contribution >= 4 is 5.91 Å². The number of ether oxygens (including phenoxy) is 1. The molecule has 1 fully saturated rings. The molecule has 2 atom stereocenters. The molecule has 0 radical (unpaired) electrons. The number of hydrogen-bond donors (Lipinski definition) is 0. The Balaban J connectivity index is 1.98. The largest absolute Gasteiger partial charge is 0.481 e. The van der Waals surface area contributed by atoms with Gasteiger partial charge >= 0.3 is 0 Å². The maximum absolute atomic E-state index is 12.5. The van der Waals surface area contributed by atoms with Crippen LogP contribution in [0.25, 0.3) is 0 Å². The normalized spacial score (nSPS) is 20.9. The summed E-state index contributed by atoms with van der Waals surface area (Å²) in [5, 5.41) is 0. The molecule has 1 aliphatic heterocycles. The third-order valence-corrected chi connectivity index (χ3v) is 3.64. The molecule has 0 aliphatic carbocycles. The van der Waals surface area contributed by atoms with E-state index in [1.54, 1.807) is 0 Å². The van der Waals surface area contributed by atoms with Crippen molar-refractivity contribution in [3.05, 3.63) is 30.3 Å². The first-order chi connectivity index (χ1) is 9.20. The van der Waals surface area contributed by atoms with E-state index in [4.69, 9.17) is 4.74 Å². The highest BCUT2D eigenvalue weighted by Gasteiger charge is 2.27. The fraction of sp³-hybridized carbons (Fsp3) is 0.562. The molecule has 1 saturated heterocycles. The molecule has 104 valence electrons. The van der Waals surface area contributed by atoms with Gasteiger partial charge in [-0.05, 0) is 37.3 Å². The van der Waals surface area contributed by atoms with Gasteiger partial charge in [0.2, 0.25) is 0 Å². The maximum atomic E-state index is 12.5. The minimum absolute atomic E-state index is 0.137. The average Bonchev–Trinajstić information content (AvgIpc) is 2.45. The topological polar surface area (TPSA) is 29.5 Å². The van der Waals surface area contributed by atoms with E-state index in [1.165, 1.54) is 6.42 Å². The molecule has 19 heavy (non-hydrogen) atoms. The van der Waals surface area contributed by atoms with E-state index < -0.39 is 0 Å². The molecule has 1 aromatic carbocycles. The molecule has 1 aliphatic rings. The van der Waals surface area contributed by atoms with Gasteiger partial charge in [-0.15, -0.1) is 0 Å². The van der Waals surface area contributed by atoms with Gasteiger partial charge in [0, 0.05) is 13.1 Å². The van der Waals surface area contributed by atoms with Gasteiger partial charge in [0.25, 0.3) is 5.91 Å². The number of hydrogen-bond acceptors (Lipinski definition) is 2. The van der Waals surface area contributed by atoms with Gasteiger partial charge in [0.05, 0.1) is 0 Å². The minimum Gasteiger partial charge on any atom is -0.481 e. The van der Waals surface area contributed by atoms with Crippen molar-refractivity contribution in [2.75, 3.05) is 13.1 Å². The standard InChI is InChI=1S/C16H23NO2/c1-3-15(19-14-9-5-4-6-10-14)16(18)17-11-7-8-13(2)12-17/h4-6,9-10,13,15H,3,7-8,11-12H2,1-2H3. The zero-order valence-electron chi connectivity index (χ0n) is 11.8. The SMILES string of the molecule is CCC(Oc1ccccc1)C(=O)N1CCCC(C)C1. The minimum atomic E-state index is -0.354. The van der Waals surface area contributed by atoms with Crippen molar-refractivity contribution in [2.45, 2.75) is 39.2 Å². The first kappa shape index (κ1) is 13.9. The molecular weight excluding hydrogens is 238 g/mol. The Morgan fingerprint density at radius 1 is 1.42 bits per heavy atom. The Kier molecular flexibility index (Phi) is 4.83. The number of para-hydroxylation sites is 1. The smallest absolute Gasteiger partial charge is 0.263 e. The first-order valence-electron chi connectivity index (χ1n) is 7.21. The number of piperidine rings is 1. The van der Waals surface area contributed by atoms with Crippen molar-refractivity contribution in [3.63, 3.8) is 0 Å². The quantitative estimate of drug-likeness (QED) is 0.833. The van der Waals surface area contributed by atoms with Crippen molar-refractivity contribution in [1.82, 2.24) is 4.90 Å². The monoisotopic (exact) mass is 261 g/mol. The molecule has 0 saturated carbocycles. The molecule has 0 bridgehead atoms. The lowest BCUT2D eigenvalue weighted by atomic mass is 9.99. The van der Waals surface area contributed by atoms with Gasteiger partial charge in [0.15, 0.2) is 6.10 Å². The van der Waals surface area contributed by atoms with E-state index in [2.05, 4.69) is 6.92 Å². The predicted molar refractivity (Wildman–Crippen MR) is 76.1 cm³/mol. The van der Waals surface area contributed by atoms with Crippen LogP contribution in [0.5, 0.6) is 5.75 Å². The van der Waals surface area contributed by atoms with Gasteiger partial charge in [-0.3, -0.25) is 4.79 Å². The number of amides is 1. The highest BCUT2D eigenvalue weighted by atomic mass is 16.5. The van der Waals surface area contributed by atoms with Crippen LogP contribution in [0, 0.1) is 5.92 Å². The molecule has 0 aromatic heterocycles. The highest BCUT2D eigenvalue weighted by Crippen LogP contribution is 2.19. The summed E-state index contributed by atoms with van der Waals surface area (Å²) in [5.74, 6) is 1.51. The molecule has 0 spiro atoms. The lowest BCUT2D eigenvalue weighted by molar-refractivity contribution is -0.140. The second kappa shape index (κ2) is 6.60. The van der Waals surface area contributed by atoms with Crippen molar-refractivity contribution < 1.29 is 9.53 Å². The predicted octanol–water partition coefficient (Wildman–Crippen LogP) is 3.10. The van der Waals surface area contributed by atoms with E-state index in [0.29, 0.717) is 12.3 Å². The molecule has 1 aromatic rings. The Morgan fingerprint density at radius 3 is 2.79 bits per heavy atom. The number of carbonyl (C=O) groups excluding carboxylic acids is 1. The molecule has 2 unspecified atom stereocenters. The molecule has 2 rings (SSSR count). The Hall–Kier alpha value is -1.51. The average molecular weight is 261 g/mol. The van der Waals surface area contributed by atoms with E-state index in [9.17, 15) is 4.79 Å². The molecule has 1 heterocycles. The van der Waals surface area contributed by atoms with Crippen molar-refractivity contribution in [3.8, 4) is 5.75 Å². The van der Waals surface area contributed by atoms with Crippen molar-refractivity contribution in [2.24, 2.45) is 5.92 Å². The van der Waals surface area contributed by atoms with Gasteiger partial charge in [-0.2, -0.15) is 0 Å². The van der Waals surface area contributed by atoms with E-state index in [-0.39, 0.29) is 12.0 Å². The second-order valence-corrected chi connectivity index (χ2v) is 5.36. The Bertz CT molecular complexity index is 404. The third kappa shape index (κ3) is 3.72. The summed E-state index contributed by atoms with van der Waals surface area (Å²) < 4.78 is 5.82. The summed E-state index contributed by atoms with van der Waals surface area (Å²) in [6, 6.07) is 9.59. The summed E-state index contributed by atoms with van der Waals surface area (Å²) in [6.07, 6.45) is 2.68. The summed E-state index contributed by atoms with van der Waals surface area (Å²) in [6.45, 7) is 5.95. The Labute approximate surface area is 115 Å². The van der Waals surface area contributed by atoms with Crippen LogP contribution in [0.15, 0.2) is 30.3 Å². The molecule has 0 N–H and O–H groups in total. The lowest BCUT2D eigenvalue weighted by Crippen LogP contribution is -2.46. The summed E-state index contributed by atoms with van der Waals surface area (Å²) in [4.78, 5) is 14.4. The van der Waals surface area contributed by atoms with Crippen LogP contribution in [0.3, 0.4) is 0 Å². The van der Waals surface area contributed by atoms with E-state index >= 15 is 0 Å². The Morgan fingerprint density at radius 2 is 2.16 bits per heavy atom. The number of benzene rings is 1. The number of nitrogens with zero attached hydrogens (tertiary/aromatic N) is 1.